The van der Waals surface area contributed by atoms with E-state index in [1.807, 2.05) is 6.07 Å². The fourth-order valence-corrected chi connectivity index (χ4v) is 4.69. The summed E-state index contributed by atoms with van der Waals surface area (Å²) in [6, 6.07) is 6.51. The predicted molar refractivity (Wildman–Crippen MR) is 114 cm³/mol. The summed E-state index contributed by atoms with van der Waals surface area (Å²) in [5.74, 6) is 0.0226. The van der Waals surface area contributed by atoms with Gasteiger partial charge < -0.3 is 10.2 Å². The van der Waals surface area contributed by atoms with Crippen LogP contribution in [0.4, 0.5) is 15.2 Å². The minimum atomic E-state index is -0.286. The molecule has 1 aromatic carbocycles. The van der Waals surface area contributed by atoms with Crippen molar-refractivity contribution in [2.24, 2.45) is 11.8 Å². The average molecular weight is 414 g/mol. The molecule has 0 bridgehead atoms. The van der Waals surface area contributed by atoms with Crippen molar-refractivity contribution in [3.05, 3.63) is 41.3 Å². The van der Waals surface area contributed by atoms with Crippen LogP contribution in [-0.2, 0) is 11.2 Å². The molecule has 1 aliphatic heterocycles. The van der Waals surface area contributed by atoms with Gasteiger partial charge in [0.15, 0.2) is 0 Å². The summed E-state index contributed by atoms with van der Waals surface area (Å²) in [5, 5.41) is 13.5. The Bertz CT molecular complexity index is 1020. The number of nitrogens with one attached hydrogen (secondary N) is 1. The van der Waals surface area contributed by atoms with Crippen LogP contribution in [0.2, 0.25) is 0 Å². The third-order valence-corrected chi connectivity index (χ3v) is 5.95. The first-order valence-electron chi connectivity index (χ1n) is 9.92. The highest BCUT2D eigenvalue weighted by Gasteiger charge is 2.27. The molecule has 1 fully saturated rings. The fraction of sp³-hybridized carbons (Fsp3) is 0.429. The van der Waals surface area contributed by atoms with Gasteiger partial charge in [-0.1, -0.05) is 25.2 Å². The fourth-order valence-electron chi connectivity index (χ4n) is 3.73. The molecule has 1 aliphatic rings. The van der Waals surface area contributed by atoms with Gasteiger partial charge in [0.25, 0.3) is 0 Å². The molecule has 0 saturated carbocycles. The summed E-state index contributed by atoms with van der Waals surface area (Å²) in [4.78, 5) is 19.3. The van der Waals surface area contributed by atoms with Crippen molar-refractivity contribution in [1.82, 2.24) is 15.2 Å². The topological polar surface area (TPSA) is 71.0 Å². The number of fused-ring (bicyclic) bond motifs is 1. The molecule has 4 rings (SSSR count). The van der Waals surface area contributed by atoms with Gasteiger partial charge in [-0.3, -0.25) is 9.78 Å². The number of pyridine rings is 1. The van der Waals surface area contributed by atoms with E-state index in [4.69, 9.17) is 0 Å². The monoisotopic (exact) mass is 413 g/mol. The third-order valence-electron chi connectivity index (χ3n) is 5.09. The Morgan fingerprint density at radius 2 is 2.21 bits per heavy atom. The van der Waals surface area contributed by atoms with Crippen LogP contribution in [0.1, 0.15) is 31.7 Å². The minimum absolute atomic E-state index is 0.0357. The van der Waals surface area contributed by atoms with Crippen molar-refractivity contribution in [3.63, 3.8) is 0 Å². The van der Waals surface area contributed by atoms with Crippen molar-refractivity contribution < 1.29 is 9.18 Å². The summed E-state index contributed by atoms with van der Waals surface area (Å²) in [6.07, 6.45) is 4.30. The zero-order valence-electron chi connectivity index (χ0n) is 16.6. The van der Waals surface area contributed by atoms with E-state index in [0.717, 1.165) is 47.4 Å². The number of piperidine rings is 1. The summed E-state index contributed by atoms with van der Waals surface area (Å²) < 4.78 is 13.8. The molecule has 0 radical (unpaired) electrons. The normalized spacial score (nSPS) is 17.1. The standard InChI is InChI=1S/C21H24FN5OS/c1-13(2)10-19-25-26-21(29-19)24-20(28)14-4-3-9-27(12-14)18-7-8-23-17-6-5-15(22)11-16(17)18/h5-8,11,13-14H,3-4,9-10,12H2,1-2H3,(H,24,26,28). The highest BCUT2D eigenvalue weighted by Crippen LogP contribution is 2.30. The number of carbonyl (C=O) groups excluding carboxylic acids is 1. The lowest BCUT2D eigenvalue weighted by Gasteiger charge is -2.34. The Morgan fingerprint density at radius 3 is 3.03 bits per heavy atom. The zero-order chi connectivity index (χ0) is 20.4. The summed E-state index contributed by atoms with van der Waals surface area (Å²) >= 11 is 1.44. The number of amides is 1. The van der Waals surface area contributed by atoms with Gasteiger partial charge in [-0.2, -0.15) is 0 Å². The maximum atomic E-state index is 13.8. The molecule has 1 N–H and O–H groups in total. The number of halogens is 1. The molecule has 1 amide bonds. The Hall–Kier alpha value is -2.61. The smallest absolute Gasteiger partial charge is 0.231 e. The lowest BCUT2D eigenvalue weighted by Crippen LogP contribution is -2.40. The lowest BCUT2D eigenvalue weighted by molar-refractivity contribution is -0.120. The number of benzene rings is 1. The van der Waals surface area contributed by atoms with E-state index in [9.17, 15) is 9.18 Å². The van der Waals surface area contributed by atoms with Crippen LogP contribution in [0, 0.1) is 17.7 Å². The Morgan fingerprint density at radius 1 is 1.34 bits per heavy atom. The highest BCUT2D eigenvalue weighted by atomic mass is 32.1. The molecule has 1 saturated heterocycles. The van der Waals surface area contributed by atoms with Crippen LogP contribution < -0.4 is 10.2 Å². The van der Waals surface area contributed by atoms with Crippen LogP contribution in [0.25, 0.3) is 10.9 Å². The van der Waals surface area contributed by atoms with E-state index < -0.39 is 0 Å². The second-order valence-corrected chi connectivity index (χ2v) is 8.93. The second kappa shape index (κ2) is 8.41. The van der Waals surface area contributed by atoms with Crippen LogP contribution in [-0.4, -0.2) is 34.2 Å². The van der Waals surface area contributed by atoms with Crippen LogP contribution in [0.15, 0.2) is 30.5 Å². The molecule has 8 heteroatoms. The SMILES string of the molecule is CC(C)Cc1nnc(NC(=O)C2CCCN(c3ccnc4ccc(F)cc34)C2)s1. The van der Waals surface area contributed by atoms with Crippen molar-refractivity contribution in [2.45, 2.75) is 33.1 Å². The van der Waals surface area contributed by atoms with E-state index in [1.165, 1.54) is 23.5 Å². The molecule has 1 atom stereocenters. The minimum Gasteiger partial charge on any atom is -0.370 e. The van der Waals surface area contributed by atoms with Gasteiger partial charge in [-0.15, -0.1) is 10.2 Å². The molecule has 3 heterocycles. The van der Waals surface area contributed by atoms with Gasteiger partial charge in [0.1, 0.15) is 10.8 Å². The number of hydrogen-bond donors (Lipinski definition) is 1. The zero-order valence-corrected chi connectivity index (χ0v) is 17.4. The number of aromatic nitrogens is 3. The molecule has 0 spiro atoms. The summed E-state index contributed by atoms with van der Waals surface area (Å²) in [5.41, 5.74) is 1.67. The van der Waals surface area contributed by atoms with Gasteiger partial charge in [0.2, 0.25) is 11.0 Å². The van der Waals surface area contributed by atoms with Gasteiger partial charge in [0, 0.05) is 36.8 Å². The van der Waals surface area contributed by atoms with Crippen LogP contribution >= 0.6 is 11.3 Å². The van der Waals surface area contributed by atoms with Gasteiger partial charge >= 0.3 is 0 Å². The van der Waals surface area contributed by atoms with E-state index in [1.54, 1.807) is 12.3 Å². The van der Waals surface area contributed by atoms with Crippen molar-refractivity contribution >= 4 is 39.0 Å². The Balaban J connectivity index is 1.48. The molecule has 2 aromatic heterocycles. The third kappa shape index (κ3) is 4.53. The molecule has 6 nitrogen and oxygen atoms in total. The Labute approximate surface area is 173 Å². The van der Waals surface area contributed by atoms with Gasteiger partial charge in [0.05, 0.1) is 11.4 Å². The van der Waals surface area contributed by atoms with Crippen LogP contribution in [0.5, 0.6) is 0 Å². The quantitative estimate of drug-likeness (QED) is 0.676. The number of rotatable bonds is 5. The van der Waals surface area contributed by atoms with E-state index in [-0.39, 0.29) is 17.6 Å². The molecular weight excluding hydrogens is 389 g/mol. The second-order valence-electron chi connectivity index (χ2n) is 7.86. The molecule has 0 aliphatic carbocycles. The molecule has 152 valence electrons. The van der Waals surface area contributed by atoms with Gasteiger partial charge in [-0.05, 0) is 43.0 Å². The maximum absolute atomic E-state index is 13.8. The first-order valence-corrected chi connectivity index (χ1v) is 10.7. The van der Waals surface area contributed by atoms with E-state index in [2.05, 4.69) is 39.2 Å². The average Bonchev–Trinajstić information content (AvgIpc) is 3.13. The number of carbonyl (C=O) groups is 1. The maximum Gasteiger partial charge on any atom is 0.231 e. The van der Waals surface area contributed by atoms with E-state index >= 15 is 0 Å². The van der Waals surface area contributed by atoms with Crippen molar-refractivity contribution in [1.29, 1.82) is 0 Å². The first kappa shape index (κ1) is 19.7. The number of anilines is 2. The first-order chi connectivity index (χ1) is 14.0. The highest BCUT2D eigenvalue weighted by molar-refractivity contribution is 7.15. The molecule has 29 heavy (non-hydrogen) atoms. The predicted octanol–water partition coefficient (Wildman–Crippen LogP) is 4.28. The lowest BCUT2D eigenvalue weighted by atomic mass is 9.96. The summed E-state index contributed by atoms with van der Waals surface area (Å²) in [6.45, 7) is 5.67. The molecule has 1 unspecified atom stereocenters. The summed E-state index contributed by atoms with van der Waals surface area (Å²) in [7, 11) is 0. The number of hydrogen-bond acceptors (Lipinski definition) is 6. The van der Waals surface area contributed by atoms with Crippen molar-refractivity contribution in [2.75, 3.05) is 23.3 Å². The number of nitrogens with zero attached hydrogens (tertiary/aromatic N) is 4. The largest absolute Gasteiger partial charge is 0.370 e. The molecular formula is C21H24FN5OS. The Kier molecular flexibility index (Phi) is 5.71. The van der Waals surface area contributed by atoms with E-state index in [0.29, 0.717) is 17.6 Å². The van der Waals surface area contributed by atoms with Gasteiger partial charge in [-0.25, -0.2) is 4.39 Å². The van der Waals surface area contributed by atoms with Crippen molar-refractivity contribution in [3.8, 4) is 0 Å². The van der Waals surface area contributed by atoms with Crippen LogP contribution in [0.3, 0.4) is 0 Å². The molecule has 3 aromatic rings.